The standard InChI is InChI=1S/C23H27N3O2/c1-26-18(15-5-3-2-4-6-15)7-8-19(26)21(27)25-20-16-9-14-10-17(20)13-23(11-14,12-16)22(24)28/h2-8,14,16-17,20H,9-13H2,1H3,(H2,24,28)(H,25,27). The summed E-state index contributed by atoms with van der Waals surface area (Å²) in [7, 11) is 1.94. The first-order chi connectivity index (χ1) is 13.5. The van der Waals surface area contributed by atoms with Gasteiger partial charge in [0.2, 0.25) is 5.91 Å². The Kier molecular flexibility index (Phi) is 3.90. The molecule has 6 rings (SSSR count). The van der Waals surface area contributed by atoms with Crippen molar-refractivity contribution < 1.29 is 9.59 Å². The summed E-state index contributed by atoms with van der Waals surface area (Å²) < 4.78 is 1.96. The predicted octanol–water partition coefficient (Wildman–Crippen LogP) is 3.10. The quantitative estimate of drug-likeness (QED) is 0.859. The fourth-order valence-electron chi connectivity index (χ4n) is 6.43. The van der Waals surface area contributed by atoms with Gasteiger partial charge in [-0.15, -0.1) is 0 Å². The van der Waals surface area contributed by atoms with Gasteiger partial charge >= 0.3 is 0 Å². The van der Waals surface area contributed by atoms with E-state index in [4.69, 9.17) is 5.73 Å². The first kappa shape index (κ1) is 17.5. The van der Waals surface area contributed by atoms with Gasteiger partial charge in [-0.3, -0.25) is 9.59 Å². The van der Waals surface area contributed by atoms with Crippen LogP contribution in [-0.4, -0.2) is 22.4 Å². The zero-order valence-electron chi connectivity index (χ0n) is 16.2. The molecule has 2 aromatic rings. The minimum atomic E-state index is -0.316. The second kappa shape index (κ2) is 6.23. The maximum atomic E-state index is 13.1. The average molecular weight is 377 g/mol. The van der Waals surface area contributed by atoms with Crippen LogP contribution in [0.3, 0.4) is 0 Å². The Morgan fingerprint density at radius 3 is 2.36 bits per heavy atom. The largest absolute Gasteiger partial charge is 0.369 e. The molecule has 5 nitrogen and oxygen atoms in total. The molecule has 4 bridgehead atoms. The number of benzene rings is 1. The molecule has 1 heterocycles. The summed E-state index contributed by atoms with van der Waals surface area (Å²) in [6, 6.07) is 14.2. The van der Waals surface area contributed by atoms with Crippen molar-refractivity contribution >= 4 is 11.8 Å². The lowest BCUT2D eigenvalue weighted by molar-refractivity contribution is -0.145. The summed E-state index contributed by atoms with van der Waals surface area (Å²) in [4.78, 5) is 25.2. The van der Waals surface area contributed by atoms with Crippen LogP contribution in [0.5, 0.6) is 0 Å². The van der Waals surface area contributed by atoms with E-state index in [-0.39, 0.29) is 23.3 Å². The van der Waals surface area contributed by atoms with Crippen molar-refractivity contribution in [3.05, 3.63) is 48.2 Å². The topological polar surface area (TPSA) is 77.1 Å². The van der Waals surface area contributed by atoms with Gasteiger partial charge in [-0.05, 0) is 67.6 Å². The van der Waals surface area contributed by atoms with E-state index in [2.05, 4.69) is 17.4 Å². The fourth-order valence-corrected chi connectivity index (χ4v) is 6.43. The molecule has 1 aromatic carbocycles. The van der Waals surface area contributed by atoms with Crippen LogP contribution in [0, 0.1) is 23.2 Å². The van der Waals surface area contributed by atoms with Gasteiger partial charge in [0.1, 0.15) is 5.69 Å². The van der Waals surface area contributed by atoms with E-state index in [0.717, 1.165) is 43.4 Å². The van der Waals surface area contributed by atoms with Gasteiger partial charge in [0.05, 0.1) is 0 Å². The van der Waals surface area contributed by atoms with E-state index in [9.17, 15) is 9.59 Å². The SMILES string of the molecule is Cn1c(C(=O)NC2C3CC4CC2CC(C(N)=O)(C4)C3)ccc1-c1ccccc1. The van der Waals surface area contributed by atoms with Crippen LogP contribution in [0.4, 0.5) is 0 Å². The predicted molar refractivity (Wildman–Crippen MR) is 107 cm³/mol. The monoisotopic (exact) mass is 377 g/mol. The van der Waals surface area contributed by atoms with Gasteiger partial charge < -0.3 is 15.6 Å². The molecule has 0 spiro atoms. The second-order valence-electron chi connectivity index (χ2n) is 9.14. The molecule has 5 heteroatoms. The third-order valence-corrected chi connectivity index (χ3v) is 7.52. The molecule has 4 saturated carbocycles. The fraction of sp³-hybridized carbons (Fsp3) is 0.478. The molecular formula is C23H27N3O2. The molecule has 4 aliphatic carbocycles. The molecule has 0 saturated heterocycles. The molecule has 2 atom stereocenters. The van der Waals surface area contributed by atoms with Crippen LogP contribution in [0.2, 0.25) is 0 Å². The van der Waals surface area contributed by atoms with Gasteiger partial charge in [-0.1, -0.05) is 30.3 Å². The molecule has 146 valence electrons. The summed E-state index contributed by atoms with van der Waals surface area (Å²) in [5, 5.41) is 3.33. The minimum absolute atomic E-state index is 0.0183. The van der Waals surface area contributed by atoms with E-state index in [0.29, 0.717) is 23.4 Å². The number of nitrogens with one attached hydrogen (secondary N) is 1. The first-order valence-corrected chi connectivity index (χ1v) is 10.3. The third kappa shape index (κ3) is 2.60. The summed E-state index contributed by atoms with van der Waals surface area (Å²) in [6.07, 6.45) is 4.84. The number of amides is 2. The van der Waals surface area contributed by atoms with Crippen LogP contribution >= 0.6 is 0 Å². The summed E-state index contributed by atoms with van der Waals surface area (Å²) in [5.74, 6) is 1.19. The van der Waals surface area contributed by atoms with E-state index >= 15 is 0 Å². The lowest BCUT2D eigenvalue weighted by Crippen LogP contribution is -2.62. The number of hydrogen-bond donors (Lipinski definition) is 2. The number of nitrogens with two attached hydrogens (primary N) is 1. The van der Waals surface area contributed by atoms with Crippen LogP contribution in [0.25, 0.3) is 11.3 Å². The number of primary amides is 1. The van der Waals surface area contributed by atoms with E-state index in [1.807, 2.05) is 41.9 Å². The van der Waals surface area contributed by atoms with E-state index in [1.165, 1.54) is 0 Å². The average Bonchev–Trinajstić information content (AvgIpc) is 3.06. The van der Waals surface area contributed by atoms with Crippen molar-refractivity contribution in [1.82, 2.24) is 9.88 Å². The number of nitrogens with zero attached hydrogens (tertiary/aromatic N) is 1. The molecule has 28 heavy (non-hydrogen) atoms. The summed E-state index contributed by atoms with van der Waals surface area (Å²) in [5.41, 5.74) is 8.27. The highest BCUT2D eigenvalue weighted by Crippen LogP contribution is 2.59. The highest BCUT2D eigenvalue weighted by Gasteiger charge is 2.58. The number of hydrogen-bond acceptors (Lipinski definition) is 2. The zero-order chi connectivity index (χ0) is 19.5. The smallest absolute Gasteiger partial charge is 0.268 e. The Bertz CT molecular complexity index is 917. The second-order valence-corrected chi connectivity index (χ2v) is 9.14. The molecule has 3 N–H and O–H groups in total. The van der Waals surface area contributed by atoms with Crippen molar-refractivity contribution in [2.75, 3.05) is 0 Å². The van der Waals surface area contributed by atoms with Crippen molar-refractivity contribution in [2.45, 2.75) is 38.1 Å². The van der Waals surface area contributed by atoms with Crippen LogP contribution in [0.15, 0.2) is 42.5 Å². The molecular weight excluding hydrogens is 350 g/mol. The number of carbonyl (C=O) groups is 2. The summed E-state index contributed by atoms with van der Waals surface area (Å²) in [6.45, 7) is 0. The number of aromatic nitrogens is 1. The van der Waals surface area contributed by atoms with Crippen molar-refractivity contribution in [1.29, 1.82) is 0 Å². The Balaban J connectivity index is 1.36. The van der Waals surface area contributed by atoms with Crippen LogP contribution in [0.1, 0.15) is 42.6 Å². The Labute approximate surface area is 165 Å². The van der Waals surface area contributed by atoms with Crippen molar-refractivity contribution in [2.24, 2.45) is 36.0 Å². The maximum absolute atomic E-state index is 13.1. The maximum Gasteiger partial charge on any atom is 0.268 e. The van der Waals surface area contributed by atoms with Gasteiger partial charge in [-0.2, -0.15) is 0 Å². The summed E-state index contributed by atoms with van der Waals surface area (Å²) >= 11 is 0. The lowest BCUT2D eigenvalue weighted by Gasteiger charge is -2.58. The molecule has 4 fully saturated rings. The van der Waals surface area contributed by atoms with Crippen LogP contribution in [-0.2, 0) is 11.8 Å². The highest BCUT2D eigenvalue weighted by atomic mass is 16.2. The highest BCUT2D eigenvalue weighted by molar-refractivity contribution is 5.94. The van der Waals surface area contributed by atoms with Gasteiger partial charge in [-0.25, -0.2) is 0 Å². The Morgan fingerprint density at radius 2 is 1.71 bits per heavy atom. The first-order valence-electron chi connectivity index (χ1n) is 10.3. The normalized spacial score (nSPS) is 33.0. The number of carbonyl (C=O) groups excluding carboxylic acids is 2. The Hall–Kier alpha value is -2.56. The van der Waals surface area contributed by atoms with E-state index in [1.54, 1.807) is 0 Å². The third-order valence-electron chi connectivity index (χ3n) is 7.52. The van der Waals surface area contributed by atoms with Gasteiger partial charge in [0.25, 0.3) is 5.91 Å². The molecule has 0 radical (unpaired) electrons. The van der Waals surface area contributed by atoms with Crippen LogP contribution < -0.4 is 11.1 Å². The number of rotatable bonds is 4. The molecule has 2 amide bonds. The molecule has 4 aliphatic rings. The molecule has 2 unspecified atom stereocenters. The zero-order valence-corrected chi connectivity index (χ0v) is 16.2. The van der Waals surface area contributed by atoms with Gasteiger partial charge in [0.15, 0.2) is 0 Å². The van der Waals surface area contributed by atoms with Gasteiger partial charge in [0, 0.05) is 24.2 Å². The lowest BCUT2D eigenvalue weighted by atomic mass is 9.47. The minimum Gasteiger partial charge on any atom is -0.369 e. The molecule has 0 aliphatic heterocycles. The molecule has 1 aromatic heterocycles. The van der Waals surface area contributed by atoms with Crippen molar-refractivity contribution in [3.8, 4) is 11.3 Å². The van der Waals surface area contributed by atoms with Crippen molar-refractivity contribution in [3.63, 3.8) is 0 Å². The Morgan fingerprint density at radius 1 is 1.04 bits per heavy atom. The van der Waals surface area contributed by atoms with E-state index < -0.39 is 0 Å².